The lowest BCUT2D eigenvalue weighted by molar-refractivity contribution is -0.119. The molecule has 1 rings (SSSR count). The van der Waals surface area contributed by atoms with E-state index in [9.17, 15) is 9.90 Å². The predicted octanol–water partition coefficient (Wildman–Crippen LogP) is 2.78. The van der Waals surface area contributed by atoms with Crippen molar-refractivity contribution >= 4 is 11.6 Å². The summed E-state index contributed by atoms with van der Waals surface area (Å²) in [5, 5.41) is 12.4. The second kappa shape index (κ2) is 6.13. The lowest BCUT2D eigenvalue weighted by Gasteiger charge is -2.12. The van der Waals surface area contributed by atoms with Gasteiger partial charge in [0, 0.05) is 12.0 Å². The van der Waals surface area contributed by atoms with Gasteiger partial charge in [-0.25, -0.2) is 0 Å². The largest absolute Gasteiger partial charge is 0.506 e. The van der Waals surface area contributed by atoms with Crippen molar-refractivity contribution in [2.45, 2.75) is 26.7 Å². The molecular formula is C13H19NO3. The Morgan fingerprint density at radius 1 is 1.53 bits per heavy atom. The second-order valence-corrected chi connectivity index (χ2v) is 4.06. The van der Waals surface area contributed by atoms with Crippen LogP contribution in [0.15, 0.2) is 18.2 Å². The molecule has 0 aromatic heterocycles. The molecule has 0 saturated heterocycles. The fourth-order valence-electron chi connectivity index (χ4n) is 1.56. The van der Waals surface area contributed by atoms with Gasteiger partial charge in [-0.15, -0.1) is 0 Å². The summed E-state index contributed by atoms with van der Waals surface area (Å²) in [6, 6.07) is 4.80. The van der Waals surface area contributed by atoms with Crippen LogP contribution in [0.3, 0.4) is 0 Å². The fourth-order valence-corrected chi connectivity index (χ4v) is 1.56. The summed E-state index contributed by atoms with van der Waals surface area (Å²) >= 11 is 0. The zero-order chi connectivity index (χ0) is 12.8. The highest BCUT2D eigenvalue weighted by Gasteiger charge is 2.13. The summed E-state index contributed by atoms with van der Waals surface area (Å²) in [5.41, 5.74) is 0.416. The Morgan fingerprint density at radius 2 is 2.24 bits per heavy atom. The van der Waals surface area contributed by atoms with Crippen LogP contribution in [-0.2, 0) is 4.79 Å². The molecule has 0 heterocycles. The maximum Gasteiger partial charge on any atom is 0.227 e. The normalized spacial score (nSPS) is 11.9. The Bertz CT molecular complexity index is 390. The van der Waals surface area contributed by atoms with E-state index >= 15 is 0 Å². The van der Waals surface area contributed by atoms with E-state index in [1.54, 1.807) is 12.1 Å². The number of aromatic hydroxyl groups is 1. The Hall–Kier alpha value is -1.71. The topological polar surface area (TPSA) is 58.6 Å². The van der Waals surface area contributed by atoms with E-state index in [0.717, 1.165) is 12.8 Å². The molecule has 17 heavy (non-hydrogen) atoms. The molecule has 2 N–H and O–H groups in total. The van der Waals surface area contributed by atoms with Gasteiger partial charge in [-0.05, 0) is 18.6 Å². The number of ether oxygens (including phenoxy) is 1. The van der Waals surface area contributed by atoms with Gasteiger partial charge in [0.15, 0.2) is 0 Å². The lowest BCUT2D eigenvalue weighted by Crippen LogP contribution is -2.20. The minimum Gasteiger partial charge on any atom is -0.506 e. The summed E-state index contributed by atoms with van der Waals surface area (Å²) in [5.74, 6) is 0.442. The molecule has 0 bridgehead atoms. The van der Waals surface area contributed by atoms with E-state index in [0.29, 0.717) is 11.4 Å². The number of phenolic OH excluding ortho intramolecular Hbond substituents is 1. The van der Waals surface area contributed by atoms with Crippen molar-refractivity contribution in [2.24, 2.45) is 5.92 Å². The first kappa shape index (κ1) is 13.4. The molecule has 4 nitrogen and oxygen atoms in total. The molecule has 0 radical (unpaired) electrons. The molecule has 0 saturated carbocycles. The molecule has 0 aliphatic rings. The molecule has 4 heteroatoms. The third-order valence-corrected chi connectivity index (χ3v) is 2.63. The first-order chi connectivity index (χ1) is 8.08. The number of amides is 1. The highest BCUT2D eigenvalue weighted by atomic mass is 16.5. The van der Waals surface area contributed by atoms with Gasteiger partial charge in [-0.1, -0.05) is 20.3 Å². The summed E-state index contributed by atoms with van der Waals surface area (Å²) in [6.07, 6.45) is 1.80. The van der Waals surface area contributed by atoms with Crippen LogP contribution < -0.4 is 10.1 Å². The van der Waals surface area contributed by atoms with E-state index in [2.05, 4.69) is 5.32 Å². The van der Waals surface area contributed by atoms with Crippen molar-refractivity contribution in [2.75, 3.05) is 12.4 Å². The van der Waals surface area contributed by atoms with Gasteiger partial charge in [-0.2, -0.15) is 0 Å². The van der Waals surface area contributed by atoms with E-state index in [1.807, 2.05) is 13.8 Å². The third-order valence-electron chi connectivity index (χ3n) is 2.63. The Balaban J connectivity index is 2.71. The Morgan fingerprint density at radius 3 is 2.76 bits per heavy atom. The van der Waals surface area contributed by atoms with Crippen LogP contribution in [0.25, 0.3) is 0 Å². The summed E-state index contributed by atoms with van der Waals surface area (Å²) in [7, 11) is 1.52. The van der Waals surface area contributed by atoms with Crippen LogP contribution in [0.2, 0.25) is 0 Å². The SMILES string of the molecule is CCCC(C)C(=O)Nc1ccc(OC)cc1O. The molecule has 0 aliphatic heterocycles. The van der Waals surface area contributed by atoms with Crippen molar-refractivity contribution in [3.63, 3.8) is 0 Å². The van der Waals surface area contributed by atoms with E-state index < -0.39 is 0 Å². The van der Waals surface area contributed by atoms with Crippen molar-refractivity contribution in [1.82, 2.24) is 0 Å². The molecule has 1 unspecified atom stereocenters. The molecular weight excluding hydrogens is 218 g/mol. The zero-order valence-electron chi connectivity index (χ0n) is 10.5. The number of anilines is 1. The molecule has 1 amide bonds. The monoisotopic (exact) mass is 237 g/mol. The Kier molecular flexibility index (Phi) is 4.82. The number of rotatable bonds is 5. The number of benzene rings is 1. The molecule has 0 spiro atoms. The van der Waals surface area contributed by atoms with Gasteiger partial charge in [0.2, 0.25) is 5.91 Å². The number of carbonyl (C=O) groups is 1. The quantitative estimate of drug-likeness (QED) is 0.774. The minimum atomic E-state index is -0.0766. The Labute approximate surface area is 102 Å². The van der Waals surface area contributed by atoms with E-state index in [1.165, 1.54) is 13.2 Å². The number of carbonyl (C=O) groups excluding carboxylic acids is 1. The van der Waals surface area contributed by atoms with Crippen molar-refractivity contribution in [3.05, 3.63) is 18.2 Å². The first-order valence-electron chi connectivity index (χ1n) is 5.76. The number of phenols is 1. The van der Waals surface area contributed by atoms with Gasteiger partial charge in [0.25, 0.3) is 0 Å². The predicted molar refractivity (Wildman–Crippen MR) is 67.4 cm³/mol. The van der Waals surface area contributed by atoms with Crippen LogP contribution in [0.5, 0.6) is 11.5 Å². The summed E-state index contributed by atoms with van der Waals surface area (Å²) in [6.45, 7) is 3.91. The number of nitrogens with one attached hydrogen (secondary N) is 1. The third kappa shape index (κ3) is 3.66. The van der Waals surface area contributed by atoms with Gasteiger partial charge < -0.3 is 15.2 Å². The van der Waals surface area contributed by atoms with Gasteiger partial charge in [0.1, 0.15) is 11.5 Å². The molecule has 1 aromatic carbocycles. The maximum atomic E-state index is 11.8. The van der Waals surface area contributed by atoms with Gasteiger partial charge in [0.05, 0.1) is 12.8 Å². The number of hydrogen-bond acceptors (Lipinski definition) is 3. The van der Waals surface area contributed by atoms with Crippen LogP contribution in [0.4, 0.5) is 5.69 Å². The van der Waals surface area contributed by atoms with Crippen LogP contribution >= 0.6 is 0 Å². The first-order valence-corrected chi connectivity index (χ1v) is 5.76. The smallest absolute Gasteiger partial charge is 0.227 e. The van der Waals surface area contributed by atoms with E-state index in [4.69, 9.17) is 4.74 Å². The van der Waals surface area contributed by atoms with Crippen molar-refractivity contribution in [3.8, 4) is 11.5 Å². The minimum absolute atomic E-state index is 0.0152. The van der Waals surface area contributed by atoms with Crippen molar-refractivity contribution in [1.29, 1.82) is 0 Å². The summed E-state index contributed by atoms with van der Waals surface area (Å²) in [4.78, 5) is 11.8. The average molecular weight is 237 g/mol. The standard InChI is InChI=1S/C13H19NO3/c1-4-5-9(2)13(16)14-11-7-6-10(17-3)8-12(11)15/h6-9,15H,4-5H2,1-3H3,(H,14,16). The van der Waals surface area contributed by atoms with Gasteiger partial charge in [-0.3, -0.25) is 4.79 Å². The lowest BCUT2D eigenvalue weighted by atomic mass is 10.1. The average Bonchev–Trinajstić information content (AvgIpc) is 2.31. The van der Waals surface area contributed by atoms with Gasteiger partial charge >= 0.3 is 0 Å². The van der Waals surface area contributed by atoms with Crippen LogP contribution in [0, 0.1) is 5.92 Å². The second-order valence-electron chi connectivity index (χ2n) is 4.06. The molecule has 1 atom stereocenters. The maximum absolute atomic E-state index is 11.8. The molecule has 0 aliphatic carbocycles. The van der Waals surface area contributed by atoms with Crippen LogP contribution in [0.1, 0.15) is 26.7 Å². The van der Waals surface area contributed by atoms with E-state index in [-0.39, 0.29) is 17.6 Å². The molecule has 94 valence electrons. The molecule has 1 aromatic rings. The highest BCUT2D eigenvalue weighted by molar-refractivity contribution is 5.93. The number of hydrogen-bond donors (Lipinski definition) is 2. The van der Waals surface area contributed by atoms with Crippen LogP contribution in [-0.4, -0.2) is 18.1 Å². The zero-order valence-corrected chi connectivity index (χ0v) is 10.5. The number of methoxy groups -OCH3 is 1. The summed E-state index contributed by atoms with van der Waals surface area (Å²) < 4.78 is 4.97. The highest BCUT2D eigenvalue weighted by Crippen LogP contribution is 2.28. The van der Waals surface area contributed by atoms with Crippen molar-refractivity contribution < 1.29 is 14.6 Å². The fraction of sp³-hybridized carbons (Fsp3) is 0.462. The molecule has 0 fully saturated rings.